The number of benzene rings is 2. The number of halogens is 3. The molecule has 156 valence electrons. The normalized spacial score (nSPS) is 15.8. The van der Waals surface area contributed by atoms with Gasteiger partial charge in [0.25, 0.3) is 0 Å². The first-order valence-corrected chi connectivity index (χ1v) is 10.7. The Kier molecular flexibility index (Phi) is 6.28. The molecule has 1 fully saturated rings. The summed E-state index contributed by atoms with van der Waals surface area (Å²) in [5.74, 6) is -0.508. The van der Waals surface area contributed by atoms with Gasteiger partial charge in [-0.25, -0.2) is 8.42 Å². The summed E-state index contributed by atoms with van der Waals surface area (Å²) in [4.78, 5) is 12.4. The van der Waals surface area contributed by atoms with E-state index in [-0.39, 0.29) is 17.0 Å². The minimum Gasteiger partial charge on any atom is -0.325 e. The van der Waals surface area contributed by atoms with Crippen LogP contribution in [0, 0.1) is 0 Å². The number of sulfonamides is 1. The van der Waals surface area contributed by atoms with Gasteiger partial charge in [0.05, 0.1) is 17.7 Å². The van der Waals surface area contributed by atoms with Crippen LogP contribution in [0.5, 0.6) is 0 Å². The molecule has 0 saturated carbocycles. The minimum absolute atomic E-state index is 0.0164. The molecule has 9 heteroatoms. The first kappa shape index (κ1) is 21.3. The molecule has 1 heterocycles. The van der Waals surface area contributed by atoms with Crippen molar-refractivity contribution < 1.29 is 26.4 Å². The molecule has 0 radical (unpaired) electrons. The molecule has 5 nitrogen and oxygen atoms in total. The molecule has 1 aliphatic heterocycles. The highest BCUT2D eigenvalue weighted by molar-refractivity contribution is 7.89. The Bertz CT molecular complexity index is 967. The van der Waals surface area contributed by atoms with Crippen molar-refractivity contribution in [3.8, 4) is 0 Å². The SMILES string of the molecule is O=C(Cc1ccc(C(F)(F)F)cc1)Nc1ccccc1S(=O)(=O)N1CCCCC1. The summed E-state index contributed by atoms with van der Waals surface area (Å²) in [6.45, 7) is 0.881. The highest BCUT2D eigenvalue weighted by atomic mass is 32.2. The van der Waals surface area contributed by atoms with Crippen LogP contribution >= 0.6 is 0 Å². The Morgan fingerprint density at radius 2 is 1.59 bits per heavy atom. The number of carbonyl (C=O) groups excluding carboxylic acids is 1. The summed E-state index contributed by atoms with van der Waals surface area (Å²) in [5, 5.41) is 2.58. The van der Waals surface area contributed by atoms with Gasteiger partial charge in [-0.1, -0.05) is 30.7 Å². The summed E-state index contributed by atoms with van der Waals surface area (Å²) in [6.07, 6.45) is -2.04. The van der Waals surface area contributed by atoms with Gasteiger partial charge in [-0.2, -0.15) is 17.5 Å². The Morgan fingerprint density at radius 1 is 0.966 bits per heavy atom. The molecule has 2 aromatic carbocycles. The molecule has 0 bridgehead atoms. The van der Waals surface area contributed by atoms with E-state index in [2.05, 4.69) is 5.32 Å². The lowest BCUT2D eigenvalue weighted by Gasteiger charge is -2.26. The molecule has 29 heavy (non-hydrogen) atoms. The number of amides is 1. The van der Waals surface area contributed by atoms with Crippen LogP contribution in [0.2, 0.25) is 0 Å². The topological polar surface area (TPSA) is 66.5 Å². The molecule has 0 spiro atoms. The zero-order chi connectivity index (χ0) is 21.1. The number of nitrogens with one attached hydrogen (secondary N) is 1. The van der Waals surface area contributed by atoms with E-state index >= 15 is 0 Å². The number of alkyl halides is 3. The van der Waals surface area contributed by atoms with Crippen LogP contribution in [-0.2, 0) is 27.4 Å². The molecular formula is C20H21F3N2O3S. The quantitative estimate of drug-likeness (QED) is 0.784. The molecule has 2 aromatic rings. The van der Waals surface area contributed by atoms with E-state index in [1.54, 1.807) is 12.1 Å². The fourth-order valence-corrected chi connectivity index (χ4v) is 4.90. The predicted octanol–water partition coefficient (Wildman–Crippen LogP) is 4.06. The van der Waals surface area contributed by atoms with E-state index < -0.39 is 27.7 Å². The third-order valence-corrected chi connectivity index (χ3v) is 6.70. The van der Waals surface area contributed by atoms with Crippen molar-refractivity contribution in [2.45, 2.75) is 36.8 Å². The molecule has 1 amide bonds. The van der Waals surface area contributed by atoms with Gasteiger partial charge in [-0.05, 0) is 42.7 Å². The summed E-state index contributed by atoms with van der Waals surface area (Å²) >= 11 is 0. The predicted molar refractivity (Wildman–Crippen MR) is 103 cm³/mol. The van der Waals surface area contributed by atoms with Gasteiger partial charge in [0.2, 0.25) is 15.9 Å². The number of carbonyl (C=O) groups is 1. The van der Waals surface area contributed by atoms with Crippen molar-refractivity contribution in [2.24, 2.45) is 0 Å². The monoisotopic (exact) mass is 426 g/mol. The highest BCUT2D eigenvalue weighted by Crippen LogP contribution is 2.29. The first-order chi connectivity index (χ1) is 13.7. The average Bonchev–Trinajstić information content (AvgIpc) is 2.68. The number of piperidine rings is 1. The number of nitrogens with zero attached hydrogens (tertiary/aromatic N) is 1. The lowest BCUT2D eigenvalue weighted by Crippen LogP contribution is -2.36. The van der Waals surface area contributed by atoms with E-state index in [1.165, 1.54) is 28.6 Å². The Balaban J connectivity index is 1.74. The summed E-state index contributed by atoms with van der Waals surface area (Å²) in [5.41, 5.74) is -0.235. The van der Waals surface area contributed by atoms with E-state index in [9.17, 15) is 26.4 Å². The molecule has 0 aromatic heterocycles. The van der Waals surface area contributed by atoms with Crippen LogP contribution in [-0.4, -0.2) is 31.7 Å². The summed E-state index contributed by atoms with van der Waals surface area (Å²) in [6, 6.07) is 10.4. The highest BCUT2D eigenvalue weighted by Gasteiger charge is 2.30. The maximum absolute atomic E-state index is 12.9. The van der Waals surface area contributed by atoms with Gasteiger partial charge in [-0.15, -0.1) is 0 Å². The van der Waals surface area contributed by atoms with Gasteiger partial charge >= 0.3 is 6.18 Å². The van der Waals surface area contributed by atoms with Crippen molar-refractivity contribution in [3.63, 3.8) is 0 Å². The van der Waals surface area contributed by atoms with Crippen LogP contribution < -0.4 is 5.32 Å². The zero-order valence-corrected chi connectivity index (χ0v) is 16.4. The lowest BCUT2D eigenvalue weighted by atomic mass is 10.1. The van der Waals surface area contributed by atoms with Gasteiger partial charge in [0.15, 0.2) is 0 Å². The van der Waals surface area contributed by atoms with Gasteiger partial charge in [0.1, 0.15) is 4.90 Å². The van der Waals surface area contributed by atoms with Crippen LogP contribution in [0.4, 0.5) is 18.9 Å². The Morgan fingerprint density at radius 3 is 2.21 bits per heavy atom. The van der Waals surface area contributed by atoms with Gasteiger partial charge in [-0.3, -0.25) is 4.79 Å². The van der Waals surface area contributed by atoms with Crippen molar-refractivity contribution >= 4 is 21.6 Å². The van der Waals surface area contributed by atoms with Crippen LogP contribution in [0.1, 0.15) is 30.4 Å². The fourth-order valence-electron chi connectivity index (χ4n) is 3.23. The van der Waals surface area contributed by atoms with Crippen LogP contribution in [0.25, 0.3) is 0 Å². The number of hydrogen-bond donors (Lipinski definition) is 1. The first-order valence-electron chi connectivity index (χ1n) is 9.23. The molecule has 1 N–H and O–H groups in total. The van der Waals surface area contributed by atoms with E-state index in [1.807, 2.05) is 0 Å². The third-order valence-electron chi connectivity index (χ3n) is 4.74. The molecule has 0 aliphatic carbocycles. The standard InChI is InChI=1S/C20H21F3N2O3S/c21-20(22,23)16-10-8-15(9-11-16)14-19(26)24-17-6-2-3-7-18(17)29(27,28)25-12-4-1-5-13-25/h2-3,6-11H,1,4-5,12-14H2,(H,24,26). The second kappa shape index (κ2) is 8.54. The molecule has 1 saturated heterocycles. The smallest absolute Gasteiger partial charge is 0.325 e. The average molecular weight is 426 g/mol. The second-order valence-corrected chi connectivity index (χ2v) is 8.79. The number of para-hydroxylation sites is 1. The molecule has 1 aliphatic rings. The summed E-state index contributed by atoms with van der Waals surface area (Å²) < 4.78 is 65.2. The maximum atomic E-state index is 12.9. The summed E-state index contributed by atoms with van der Waals surface area (Å²) in [7, 11) is -3.74. The van der Waals surface area contributed by atoms with Crippen molar-refractivity contribution in [1.82, 2.24) is 4.31 Å². The van der Waals surface area contributed by atoms with E-state index in [0.29, 0.717) is 18.7 Å². The lowest BCUT2D eigenvalue weighted by molar-refractivity contribution is -0.137. The Hall–Kier alpha value is -2.39. The molecule has 3 rings (SSSR count). The van der Waals surface area contributed by atoms with Gasteiger partial charge < -0.3 is 5.32 Å². The largest absolute Gasteiger partial charge is 0.416 e. The molecule has 0 unspecified atom stereocenters. The number of hydrogen-bond acceptors (Lipinski definition) is 3. The maximum Gasteiger partial charge on any atom is 0.416 e. The number of anilines is 1. The van der Waals surface area contributed by atoms with Gasteiger partial charge in [0, 0.05) is 13.1 Å². The van der Waals surface area contributed by atoms with Crippen molar-refractivity contribution in [3.05, 3.63) is 59.7 Å². The Labute approximate surface area is 167 Å². The molecule has 0 atom stereocenters. The van der Waals surface area contributed by atoms with Crippen LogP contribution in [0.3, 0.4) is 0 Å². The van der Waals surface area contributed by atoms with E-state index in [4.69, 9.17) is 0 Å². The third kappa shape index (κ3) is 5.16. The van der Waals surface area contributed by atoms with Crippen molar-refractivity contribution in [2.75, 3.05) is 18.4 Å². The fraction of sp³-hybridized carbons (Fsp3) is 0.350. The number of rotatable bonds is 5. The minimum atomic E-state index is -4.44. The molecular weight excluding hydrogens is 405 g/mol. The van der Waals surface area contributed by atoms with Crippen LogP contribution in [0.15, 0.2) is 53.4 Å². The zero-order valence-electron chi connectivity index (χ0n) is 15.6. The van der Waals surface area contributed by atoms with Crippen molar-refractivity contribution in [1.29, 1.82) is 0 Å². The van der Waals surface area contributed by atoms with E-state index in [0.717, 1.165) is 31.4 Å². The second-order valence-electron chi connectivity index (χ2n) is 6.88.